The molecule has 0 saturated carbocycles. The Morgan fingerprint density at radius 3 is 2.39 bits per heavy atom. The van der Waals surface area contributed by atoms with Gasteiger partial charge in [0.1, 0.15) is 5.82 Å². The van der Waals surface area contributed by atoms with Crippen molar-refractivity contribution in [1.29, 1.82) is 0 Å². The smallest absolute Gasteiger partial charge is 0.259 e. The Bertz CT molecular complexity index is 586. The highest BCUT2D eigenvalue weighted by molar-refractivity contribution is 9.10. The van der Waals surface area contributed by atoms with Crippen molar-refractivity contribution in [1.82, 2.24) is 0 Å². The van der Waals surface area contributed by atoms with Crippen LogP contribution in [0.2, 0.25) is 0 Å². The Hall–Kier alpha value is -1.68. The van der Waals surface area contributed by atoms with Crippen molar-refractivity contribution in [2.45, 2.75) is 0 Å². The first-order chi connectivity index (χ1) is 8.61. The molecule has 0 N–H and O–H groups in total. The summed E-state index contributed by atoms with van der Waals surface area (Å²) in [6.45, 7) is 0. The van der Waals surface area contributed by atoms with Crippen LogP contribution < -0.4 is 4.90 Å². The second-order valence-corrected chi connectivity index (χ2v) is 4.65. The van der Waals surface area contributed by atoms with Crippen LogP contribution in [0.3, 0.4) is 0 Å². The average molecular weight is 308 g/mol. The molecular formula is C14H11BrFNO. The zero-order chi connectivity index (χ0) is 13.1. The van der Waals surface area contributed by atoms with Crippen LogP contribution in [-0.2, 0) is 0 Å². The van der Waals surface area contributed by atoms with Gasteiger partial charge < -0.3 is 4.90 Å². The third-order valence-corrected chi connectivity index (χ3v) is 3.31. The summed E-state index contributed by atoms with van der Waals surface area (Å²) in [7, 11) is 1.56. The van der Waals surface area contributed by atoms with Gasteiger partial charge in [0.15, 0.2) is 0 Å². The molecule has 4 heteroatoms. The Labute approximate surface area is 113 Å². The number of hydrogen-bond donors (Lipinski definition) is 0. The van der Waals surface area contributed by atoms with Gasteiger partial charge in [0.2, 0.25) is 0 Å². The number of carbonyl (C=O) groups excluding carboxylic acids is 1. The Morgan fingerprint density at radius 1 is 1.11 bits per heavy atom. The molecule has 0 aromatic heterocycles. The molecule has 0 aliphatic heterocycles. The van der Waals surface area contributed by atoms with Crippen molar-refractivity contribution in [2.24, 2.45) is 0 Å². The number of rotatable bonds is 2. The minimum atomic E-state index is -0.416. The molecule has 2 aromatic carbocycles. The monoisotopic (exact) mass is 307 g/mol. The topological polar surface area (TPSA) is 20.3 Å². The van der Waals surface area contributed by atoms with Crippen LogP contribution in [0.5, 0.6) is 0 Å². The van der Waals surface area contributed by atoms with Crippen molar-refractivity contribution >= 4 is 27.5 Å². The summed E-state index contributed by atoms with van der Waals surface area (Å²) in [5.74, 6) is -0.673. The van der Waals surface area contributed by atoms with E-state index in [4.69, 9.17) is 0 Å². The van der Waals surface area contributed by atoms with Gasteiger partial charge in [-0.25, -0.2) is 4.39 Å². The number of halogens is 2. The summed E-state index contributed by atoms with van der Waals surface area (Å²) in [5, 5.41) is 0. The zero-order valence-electron chi connectivity index (χ0n) is 9.73. The van der Waals surface area contributed by atoms with Crippen LogP contribution in [0.25, 0.3) is 0 Å². The number of nitrogens with zero attached hydrogens (tertiary/aromatic N) is 1. The second kappa shape index (κ2) is 5.31. The van der Waals surface area contributed by atoms with Crippen molar-refractivity contribution in [3.05, 3.63) is 64.4 Å². The van der Waals surface area contributed by atoms with E-state index in [0.29, 0.717) is 10.0 Å². The van der Waals surface area contributed by atoms with Crippen LogP contribution in [0, 0.1) is 5.82 Å². The van der Waals surface area contributed by atoms with E-state index in [2.05, 4.69) is 15.9 Å². The predicted octanol–water partition coefficient (Wildman–Crippen LogP) is 3.86. The normalized spacial score (nSPS) is 10.2. The fraction of sp³-hybridized carbons (Fsp3) is 0.0714. The van der Waals surface area contributed by atoms with E-state index in [0.717, 1.165) is 0 Å². The van der Waals surface area contributed by atoms with E-state index < -0.39 is 5.82 Å². The Kier molecular flexibility index (Phi) is 3.77. The zero-order valence-corrected chi connectivity index (χ0v) is 11.3. The van der Waals surface area contributed by atoms with Gasteiger partial charge in [0.05, 0.1) is 11.3 Å². The summed E-state index contributed by atoms with van der Waals surface area (Å²) in [6.07, 6.45) is 0. The van der Waals surface area contributed by atoms with Crippen LogP contribution in [0.1, 0.15) is 10.4 Å². The summed E-state index contributed by atoms with van der Waals surface area (Å²) >= 11 is 3.32. The molecule has 0 bridgehead atoms. The summed E-state index contributed by atoms with van der Waals surface area (Å²) < 4.78 is 14.3. The Balaban J connectivity index is 2.36. The highest BCUT2D eigenvalue weighted by Gasteiger charge is 2.17. The van der Waals surface area contributed by atoms with E-state index in [1.165, 1.54) is 11.0 Å². The number of hydrogen-bond acceptors (Lipinski definition) is 1. The van der Waals surface area contributed by atoms with E-state index >= 15 is 0 Å². The molecule has 1 amide bonds. The lowest BCUT2D eigenvalue weighted by molar-refractivity contribution is 0.0991. The molecule has 0 radical (unpaired) electrons. The third kappa shape index (κ3) is 2.43. The molecule has 0 unspecified atom stereocenters. The molecule has 18 heavy (non-hydrogen) atoms. The van der Waals surface area contributed by atoms with Crippen molar-refractivity contribution in [3.63, 3.8) is 0 Å². The van der Waals surface area contributed by atoms with Crippen molar-refractivity contribution < 1.29 is 9.18 Å². The lowest BCUT2D eigenvalue weighted by Gasteiger charge is -2.18. The van der Waals surface area contributed by atoms with Crippen LogP contribution in [0.4, 0.5) is 10.1 Å². The van der Waals surface area contributed by atoms with Gasteiger partial charge in [-0.05, 0) is 40.2 Å². The van der Waals surface area contributed by atoms with Crippen molar-refractivity contribution in [2.75, 3.05) is 11.9 Å². The molecule has 0 aliphatic rings. The van der Waals surface area contributed by atoms with E-state index in [1.54, 1.807) is 43.4 Å². The number of amides is 1. The largest absolute Gasteiger partial charge is 0.309 e. The van der Waals surface area contributed by atoms with E-state index in [9.17, 15) is 9.18 Å². The summed E-state index contributed by atoms with van der Waals surface area (Å²) in [4.78, 5) is 13.5. The van der Waals surface area contributed by atoms with Gasteiger partial charge in [0, 0.05) is 11.5 Å². The maximum absolute atomic E-state index is 13.6. The average Bonchev–Trinajstić information content (AvgIpc) is 2.38. The minimum Gasteiger partial charge on any atom is -0.309 e. The molecular weight excluding hydrogens is 297 g/mol. The molecule has 0 aliphatic carbocycles. The molecule has 2 nitrogen and oxygen atoms in total. The van der Waals surface area contributed by atoms with Gasteiger partial charge in [0.25, 0.3) is 5.91 Å². The van der Waals surface area contributed by atoms with Gasteiger partial charge in [-0.2, -0.15) is 0 Å². The molecule has 92 valence electrons. The fourth-order valence-corrected chi connectivity index (χ4v) is 2.10. The fourth-order valence-electron chi connectivity index (χ4n) is 1.65. The lowest BCUT2D eigenvalue weighted by atomic mass is 10.2. The molecule has 0 spiro atoms. The van der Waals surface area contributed by atoms with Gasteiger partial charge >= 0.3 is 0 Å². The lowest BCUT2D eigenvalue weighted by Crippen LogP contribution is -2.27. The number of carbonyl (C=O) groups is 1. The second-order valence-electron chi connectivity index (χ2n) is 3.80. The molecule has 0 fully saturated rings. The maximum Gasteiger partial charge on any atom is 0.259 e. The van der Waals surface area contributed by atoms with Crippen LogP contribution >= 0.6 is 15.9 Å². The third-order valence-electron chi connectivity index (χ3n) is 2.62. The molecule has 0 heterocycles. The highest BCUT2D eigenvalue weighted by atomic mass is 79.9. The first kappa shape index (κ1) is 12.8. The quantitative estimate of drug-likeness (QED) is 0.825. The van der Waals surface area contributed by atoms with Crippen LogP contribution in [0.15, 0.2) is 53.0 Å². The highest BCUT2D eigenvalue weighted by Crippen LogP contribution is 2.22. The predicted molar refractivity (Wildman–Crippen MR) is 73.3 cm³/mol. The van der Waals surface area contributed by atoms with Crippen LogP contribution in [-0.4, -0.2) is 13.0 Å². The molecule has 0 atom stereocenters. The molecule has 2 rings (SSSR count). The summed E-state index contributed by atoms with van der Waals surface area (Å²) in [5.41, 5.74) is 0.765. The molecule has 0 saturated heterocycles. The maximum atomic E-state index is 13.6. The minimum absolute atomic E-state index is 0.257. The molecule has 2 aromatic rings. The number of para-hydroxylation sites is 1. The summed E-state index contributed by atoms with van der Waals surface area (Å²) in [6, 6.07) is 13.3. The number of anilines is 1. The first-order valence-electron chi connectivity index (χ1n) is 5.38. The SMILES string of the molecule is CN(C(=O)c1ccccc1Br)c1ccccc1F. The number of benzene rings is 2. The van der Waals surface area contributed by atoms with Crippen molar-refractivity contribution in [3.8, 4) is 0 Å². The first-order valence-corrected chi connectivity index (χ1v) is 6.17. The van der Waals surface area contributed by atoms with E-state index in [-0.39, 0.29) is 11.6 Å². The van der Waals surface area contributed by atoms with Gasteiger partial charge in [-0.15, -0.1) is 0 Å². The van der Waals surface area contributed by atoms with E-state index in [1.807, 2.05) is 6.07 Å². The Morgan fingerprint density at radius 2 is 1.72 bits per heavy atom. The standard InChI is InChI=1S/C14H11BrFNO/c1-17(13-9-5-4-8-12(13)16)14(18)10-6-2-3-7-11(10)15/h2-9H,1H3. The van der Waals surface area contributed by atoms with Gasteiger partial charge in [-0.3, -0.25) is 4.79 Å². The van der Waals surface area contributed by atoms with Gasteiger partial charge in [-0.1, -0.05) is 24.3 Å².